The highest BCUT2D eigenvalue weighted by atomic mass is 16.2. The van der Waals surface area contributed by atoms with E-state index in [1.54, 1.807) is 0 Å². The van der Waals surface area contributed by atoms with Gasteiger partial charge in [-0.25, -0.2) is 14.8 Å². The summed E-state index contributed by atoms with van der Waals surface area (Å²) in [4.78, 5) is 34.9. The van der Waals surface area contributed by atoms with E-state index in [9.17, 15) is 9.59 Å². The van der Waals surface area contributed by atoms with Gasteiger partial charge in [0.15, 0.2) is 17.4 Å². The highest BCUT2D eigenvalue weighted by molar-refractivity contribution is 6.72. The first-order chi connectivity index (χ1) is 10.2. The van der Waals surface area contributed by atoms with E-state index in [-0.39, 0.29) is 11.5 Å². The Morgan fingerprint density at radius 3 is 2.48 bits per heavy atom. The van der Waals surface area contributed by atoms with Gasteiger partial charge in [0.2, 0.25) is 0 Å². The molecule has 2 aliphatic heterocycles. The number of carbonyl (C=O) groups excluding carboxylic acids is 2. The zero-order valence-corrected chi connectivity index (χ0v) is 10.7. The lowest BCUT2D eigenvalue weighted by molar-refractivity contribution is -0.113. The van der Waals surface area contributed by atoms with Crippen LogP contribution >= 0.6 is 0 Å². The predicted molar refractivity (Wildman–Crippen MR) is 78.9 cm³/mol. The molecule has 0 unspecified atom stereocenters. The van der Waals surface area contributed by atoms with E-state index in [1.165, 1.54) is 0 Å². The molecule has 6 nitrogen and oxygen atoms in total. The van der Waals surface area contributed by atoms with Crippen molar-refractivity contribution in [1.82, 2.24) is 5.32 Å². The second-order valence-corrected chi connectivity index (χ2v) is 4.65. The van der Waals surface area contributed by atoms with Crippen LogP contribution in [-0.4, -0.2) is 29.3 Å². The van der Waals surface area contributed by atoms with Crippen molar-refractivity contribution in [3.05, 3.63) is 48.0 Å². The molecule has 0 bridgehead atoms. The Bertz CT molecular complexity index is 909. The Hall–Kier alpha value is -3.15. The van der Waals surface area contributed by atoms with Crippen LogP contribution < -0.4 is 5.32 Å². The Kier molecular flexibility index (Phi) is 2.32. The number of nitrogens with one attached hydrogen (secondary N) is 1. The van der Waals surface area contributed by atoms with Gasteiger partial charge in [0.1, 0.15) is 0 Å². The molecule has 0 saturated heterocycles. The summed E-state index contributed by atoms with van der Waals surface area (Å²) in [6.07, 6.45) is 0. The van der Waals surface area contributed by atoms with E-state index in [0.717, 1.165) is 16.3 Å². The van der Waals surface area contributed by atoms with Crippen LogP contribution in [0.4, 0.5) is 4.79 Å². The number of amidine groups is 2. The molecule has 2 aromatic rings. The first-order valence-corrected chi connectivity index (χ1v) is 6.32. The number of rotatable bonds is 1. The first-order valence-electron chi connectivity index (χ1n) is 6.32. The number of urea groups is 1. The molecule has 2 heterocycles. The number of hydrogen-bond donors (Lipinski definition) is 1. The summed E-state index contributed by atoms with van der Waals surface area (Å²) in [5.41, 5.74) is 0.858. The van der Waals surface area contributed by atoms with Crippen molar-refractivity contribution in [1.29, 1.82) is 0 Å². The topological polar surface area (TPSA) is 83.2 Å². The number of fused-ring (bicyclic) bond motifs is 2. The second-order valence-electron chi connectivity index (χ2n) is 4.65. The standard InChI is InChI=1S/C15H8N4O2/c20-14-11-13(18-15(21)19-14)17-12(16-11)10-6-5-8-3-1-2-4-9(8)7-10/h1-7H,(H,19,20,21). The van der Waals surface area contributed by atoms with Crippen molar-refractivity contribution in [3.63, 3.8) is 0 Å². The average molecular weight is 276 g/mol. The molecule has 4 rings (SSSR count). The summed E-state index contributed by atoms with van der Waals surface area (Å²) >= 11 is 0. The van der Waals surface area contributed by atoms with Crippen LogP contribution in [0.1, 0.15) is 5.56 Å². The zero-order valence-electron chi connectivity index (χ0n) is 10.7. The highest BCUT2D eigenvalue weighted by Gasteiger charge is 2.31. The Balaban J connectivity index is 1.83. The highest BCUT2D eigenvalue weighted by Crippen LogP contribution is 2.19. The van der Waals surface area contributed by atoms with Crippen LogP contribution in [0, 0.1) is 0 Å². The number of benzene rings is 2. The molecule has 21 heavy (non-hydrogen) atoms. The molecule has 0 aromatic heterocycles. The van der Waals surface area contributed by atoms with Gasteiger partial charge in [0, 0.05) is 5.56 Å². The summed E-state index contributed by atoms with van der Waals surface area (Å²) < 4.78 is 0. The van der Waals surface area contributed by atoms with Gasteiger partial charge in [-0.15, -0.1) is 0 Å². The fraction of sp³-hybridized carbons (Fsp3) is 0. The number of hydrogen-bond acceptors (Lipinski definition) is 4. The number of carbonyl (C=O) groups is 2. The van der Waals surface area contributed by atoms with Crippen LogP contribution in [0.15, 0.2) is 57.4 Å². The molecule has 0 atom stereocenters. The average Bonchev–Trinajstić information content (AvgIpc) is 2.91. The summed E-state index contributed by atoms with van der Waals surface area (Å²) in [6.45, 7) is 0. The fourth-order valence-electron chi connectivity index (χ4n) is 2.30. The Morgan fingerprint density at radius 2 is 1.62 bits per heavy atom. The lowest BCUT2D eigenvalue weighted by Crippen LogP contribution is -2.41. The quantitative estimate of drug-likeness (QED) is 0.859. The minimum Gasteiger partial charge on any atom is -0.271 e. The molecule has 0 spiro atoms. The smallest absolute Gasteiger partial charge is 0.271 e. The normalized spacial score (nSPS) is 17.0. The van der Waals surface area contributed by atoms with Gasteiger partial charge in [0.25, 0.3) is 5.91 Å². The first kappa shape index (κ1) is 11.7. The monoisotopic (exact) mass is 276 g/mol. The Morgan fingerprint density at radius 1 is 0.810 bits per heavy atom. The zero-order chi connectivity index (χ0) is 14.4. The molecule has 2 aliphatic rings. The van der Waals surface area contributed by atoms with Gasteiger partial charge < -0.3 is 0 Å². The van der Waals surface area contributed by atoms with Gasteiger partial charge in [-0.1, -0.05) is 36.4 Å². The summed E-state index contributed by atoms with van der Waals surface area (Å²) in [5, 5.41) is 4.24. The largest absolute Gasteiger partial charge is 0.350 e. The minimum absolute atomic E-state index is 0.0758. The molecule has 0 saturated carbocycles. The number of aliphatic imine (C=N–C) groups is 3. The van der Waals surface area contributed by atoms with Crippen molar-refractivity contribution in [3.8, 4) is 0 Å². The van der Waals surface area contributed by atoms with Crippen LogP contribution in [0.2, 0.25) is 0 Å². The van der Waals surface area contributed by atoms with E-state index >= 15 is 0 Å². The molecule has 3 amide bonds. The molecule has 1 N–H and O–H groups in total. The van der Waals surface area contributed by atoms with E-state index in [0.29, 0.717) is 5.84 Å². The molecule has 100 valence electrons. The maximum atomic E-state index is 11.7. The van der Waals surface area contributed by atoms with Crippen molar-refractivity contribution in [2.75, 3.05) is 0 Å². The third-order valence-electron chi connectivity index (χ3n) is 3.29. The molecule has 6 heteroatoms. The van der Waals surface area contributed by atoms with Crippen molar-refractivity contribution < 1.29 is 9.59 Å². The maximum absolute atomic E-state index is 11.7. The van der Waals surface area contributed by atoms with Crippen LogP contribution in [-0.2, 0) is 4.79 Å². The molecule has 2 aromatic carbocycles. The summed E-state index contributed by atoms with van der Waals surface area (Å²) in [7, 11) is 0. The van der Waals surface area contributed by atoms with E-state index in [4.69, 9.17) is 0 Å². The number of nitrogens with zero attached hydrogens (tertiary/aromatic N) is 3. The number of imide groups is 1. The van der Waals surface area contributed by atoms with Gasteiger partial charge in [-0.05, 0) is 16.8 Å². The fourth-order valence-corrected chi connectivity index (χ4v) is 2.30. The molecular formula is C15H8N4O2. The minimum atomic E-state index is -0.711. The van der Waals surface area contributed by atoms with Gasteiger partial charge >= 0.3 is 6.03 Å². The number of amides is 3. The van der Waals surface area contributed by atoms with E-state index < -0.39 is 11.9 Å². The SMILES string of the molecule is O=C1N=C2N=C(c3ccc4ccccc4c3)N=C2C(=O)N1. The maximum Gasteiger partial charge on any atom is 0.350 e. The van der Waals surface area contributed by atoms with Crippen LogP contribution in [0.3, 0.4) is 0 Å². The van der Waals surface area contributed by atoms with Crippen LogP contribution in [0.25, 0.3) is 10.8 Å². The van der Waals surface area contributed by atoms with E-state index in [2.05, 4.69) is 20.3 Å². The molecule has 0 aliphatic carbocycles. The molecular weight excluding hydrogens is 268 g/mol. The van der Waals surface area contributed by atoms with Crippen molar-refractivity contribution >= 4 is 40.1 Å². The van der Waals surface area contributed by atoms with Gasteiger partial charge in [0.05, 0.1) is 0 Å². The third kappa shape index (κ3) is 1.85. The summed E-state index contributed by atoms with van der Waals surface area (Å²) in [5.74, 6) is -0.101. The van der Waals surface area contributed by atoms with Crippen molar-refractivity contribution in [2.45, 2.75) is 0 Å². The second kappa shape index (κ2) is 4.17. The molecule has 0 radical (unpaired) electrons. The summed E-state index contributed by atoms with van der Waals surface area (Å²) in [6, 6.07) is 13.0. The van der Waals surface area contributed by atoms with Gasteiger partial charge in [-0.2, -0.15) is 4.99 Å². The Labute approximate surface area is 118 Å². The predicted octanol–water partition coefficient (Wildman–Crippen LogP) is 1.69. The van der Waals surface area contributed by atoms with E-state index in [1.807, 2.05) is 42.5 Å². The molecule has 0 fully saturated rings. The third-order valence-corrected chi connectivity index (χ3v) is 3.29. The van der Waals surface area contributed by atoms with Gasteiger partial charge in [-0.3, -0.25) is 10.1 Å². The lowest BCUT2D eigenvalue weighted by Gasteiger charge is -2.05. The lowest BCUT2D eigenvalue weighted by atomic mass is 10.1. The van der Waals surface area contributed by atoms with Crippen molar-refractivity contribution in [2.24, 2.45) is 15.0 Å². The van der Waals surface area contributed by atoms with Crippen LogP contribution in [0.5, 0.6) is 0 Å².